The monoisotopic (exact) mass is 447 g/mol. The second-order valence-corrected chi connectivity index (χ2v) is 7.75. The summed E-state index contributed by atoms with van der Waals surface area (Å²) in [6.07, 6.45) is 0. The Morgan fingerprint density at radius 2 is 1.73 bits per heavy atom. The van der Waals surface area contributed by atoms with Gasteiger partial charge < -0.3 is 14.2 Å². The maximum atomic E-state index is 13.2. The number of methoxy groups -OCH3 is 2. The second kappa shape index (κ2) is 8.70. The normalized spacial score (nSPS) is 11.3. The standard InChI is InChI=1S/C17H19BrFNO5S/c1-4-25-17-14(23-2)7-11(8-15(17)24-3)10-20-26(21,22)16-6-5-12(19)9-13(16)18/h5-9,20H,4,10H2,1-3H3. The molecule has 0 radical (unpaired) electrons. The first-order chi connectivity index (χ1) is 12.3. The predicted octanol–water partition coefficient (Wildman–Crippen LogP) is 3.48. The van der Waals surface area contributed by atoms with Crippen molar-refractivity contribution >= 4 is 26.0 Å². The van der Waals surface area contributed by atoms with Crippen LogP contribution in [0, 0.1) is 5.82 Å². The summed E-state index contributed by atoms with van der Waals surface area (Å²) < 4.78 is 56.8. The highest BCUT2D eigenvalue weighted by molar-refractivity contribution is 9.10. The first-order valence-corrected chi connectivity index (χ1v) is 9.92. The summed E-state index contributed by atoms with van der Waals surface area (Å²) in [5, 5.41) is 0. The lowest BCUT2D eigenvalue weighted by Gasteiger charge is -2.16. The van der Waals surface area contributed by atoms with Crippen LogP contribution in [0.25, 0.3) is 0 Å². The Labute approximate surface area is 160 Å². The van der Waals surface area contributed by atoms with Gasteiger partial charge in [0.25, 0.3) is 0 Å². The van der Waals surface area contributed by atoms with Gasteiger partial charge in [0, 0.05) is 11.0 Å². The Kier molecular flexibility index (Phi) is 6.85. The Bertz CT molecular complexity index is 864. The summed E-state index contributed by atoms with van der Waals surface area (Å²) in [6, 6.07) is 6.70. The van der Waals surface area contributed by atoms with Gasteiger partial charge in [-0.25, -0.2) is 17.5 Å². The van der Waals surface area contributed by atoms with Crippen molar-refractivity contribution < 1.29 is 27.0 Å². The molecule has 1 N–H and O–H groups in total. The first kappa shape index (κ1) is 20.5. The molecule has 0 bridgehead atoms. The van der Waals surface area contributed by atoms with E-state index in [4.69, 9.17) is 14.2 Å². The highest BCUT2D eigenvalue weighted by Crippen LogP contribution is 2.38. The average molecular weight is 448 g/mol. The van der Waals surface area contributed by atoms with Gasteiger partial charge in [0.05, 0.1) is 25.7 Å². The van der Waals surface area contributed by atoms with Crippen LogP contribution in [0.15, 0.2) is 39.7 Å². The molecule has 0 fully saturated rings. The van der Waals surface area contributed by atoms with Gasteiger partial charge in [-0.1, -0.05) is 0 Å². The van der Waals surface area contributed by atoms with E-state index in [0.717, 1.165) is 12.1 Å². The van der Waals surface area contributed by atoms with E-state index >= 15 is 0 Å². The van der Waals surface area contributed by atoms with E-state index in [0.29, 0.717) is 29.4 Å². The van der Waals surface area contributed by atoms with Crippen molar-refractivity contribution in [3.05, 3.63) is 46.2 Å². The van der Waals surface area contributed by atoms with Gasteiger partial charge in [-0.15, -0.1) is 0 Å². The third kappa shape index (κ3) is 4.66. The summed E-state index contributed by atoms with van der Waals surface area (Å²) in [7, 11) is -0.868. The van der Waals surface area contributed by atoms with Gasteiger partial charge >= 0.3 is 0 Å². The zero-order valence-corrected chi connectivity index (χ0v) is 16.9. The van der Waals surface area contributed by atoms with E-state index in [1.54, 1.807) is 12.1 Å². The maximum absolute atomic E-state index is 13.2. The molecule has 6 nitrogen and oxygen atoms in total. The van der Waals surface area contributed by atoms with Gasteiger partial charge in [0.2, 0.25) is 15.8 Å². The van der Waals surface area contributed by atoms with E-state index in [1.165, 1.54) is 20.3 Å². The molecule has 0 unspecified atom stereocenters. The van der Waals surface area contributed by atoms with E-state index < -0.39 is 15.8 Å². The predicted molar refractivity (Wildman–Crippen MR) is 98.8 cm³/mol. The van der Waals surface area contributed by atoms with Crippen LogP contribution in [0.5, 0.6) is 17.2 Å². The molecule has 0 atom stereocenters. The Balaban J connectivity index is 2.28. The highest BCUT2D eigenvalue weighted by Gasteiger charge is 2.19. The topological polar surface area (TPSA) is 73.9 Å². The largest absolute Gasteiger partial charge is 0.493 e. The number of hydrogen-bond acceptors (Lipinski definition) is 5. The molecular weight excluding hydrogens is 429 g/mol. The van der Waals surface area contributed by atoms with E-state index in [1.807, 2.05) is 6.92 Å². The van der Waals surface area contributed by atoms with E-state index in [9.17, 15) is 12.8 Å². The molecule has 0 aliphatic rings. The molecule has 0 saturated heterocycles. The Morgan fingerprint density at radius 1 is 1.12 bits per heavy atom. The molecule has 0 aromatic heterocycles. The average Bonchev–Trinajstić information content (AvgIpc) is 2.60. The zero-order valence-electron chi connectivity index (χ0n) is 14.5. The van der Waals surface area contributed by atoms with Crippen molar-refractivity contribution in [3.63, 3.8) is 0 Å². The molecule has 2 aromatic carbocycles. The number of ether oxygens (including phenoxy) is 3. The fraction of sp³-hybridized carbons (Fsp3) is 0.294. The molecule has 0 saturated carbocycles. The number of nitrogens with one attached hydrogen (secondary N) is 1. The molecular formula is C17H19BrFNO5S. The summed E-state index contributed by atoms with van der Waals surface area (Å²) in [5.41, 5.74) is 0.615. The molecule has 0 aliphatic carbocycles. The van der Waals surface area contributed by atoms with Crippen LogP contribution in [0.4, 0.5) is 4.39 Å². The molecule has 0 spiro atoms. The van der Waals surface area contributed by atoms with Crippen LogP contribution in [-0.4, -0.2) is 29.2 Å². The van der Waals surface area contributed by atoms with Crippen molar-refractivity contribution in [3.8, 4) is 17.2 Å². The smallest absolute Gasteiger partial charge is 0.241 e. The van der Waals surface area contributed by atoms with Gasteiger partial charge in [-0.05, 0) is 58.7 Å². The van der Waals surface area contributed by atoms with Gasteiger partial charge in [-0.2, -0.15) is 0 Å². The third-order valence-corrected chi connectivity index (χ3v) is 5.84. The molecule has 9 heteroatoms. The maximum Gasteiger partial charge on any atom is 0.241 e. The number of halogens is 2. The molecule has 0 amide bonds. The number of rotatable bonds is 8. The molecule has 0 heterocycles. The minimum absolute atomic E-state index is 0.00866. The minimum atomic E-state index is -3.84. The summed E-state index contributed by atoms with van der Waals surface area (Å²) >= 11 is 3.07. The number of sulfonamides is 1. The fourth-order valence-corrected chi connectivity index (χ4v) is 4.34. The quantitative estimate of drug-likeness (QED) is 0.670. The SMILES string of the molecule is CCOc1c(OC)cc(CNS(=O)(=O)c2ccc(F)cc2Br)cc1OC. The van der Waals surface area contributed by atoms with Gasteiger partial charge in [0.1, 0.15) is 5.82 Å². The third-order valence-electron chi connectivity index (χ3n) is 3.46. The minimum Gasteiger partial charge on any atom is -0.493 e. The second-order valence-electron chi connectivity index (χ2n) is 5.16. The van der Waals surface area contributed by atoms with Crippen LogP contribution in [0.2, 0.25) is 0 Å². The molecule has 2 aromatic rings. The lowest BCUT2D eigenvalue weighted by molar-refractivity contribution is 0.288. The van der Waals surface area contributed by atoms with Crippen molar-refractivity contribution in [1.82, 2.24) is 4.72 Å². The summed E-state index contributed by atoms with van der Waals surface area (Å²) in [5.74, 6) is 0.786. The lowest BCUT2D eigenvalue weighted by atomic mass is 10.2. The van der Waals surface area contributed by atoms with E-state index in [-0.39, 0.29) is 15.9 Å². The molecule has 142 valence electrons. The molecule has 2 rings (SSSR count). The van der Waals surface area contributed by atoms with Crippen molar-refractivity contribution in [2.24, 2.45) is 0 Å². The zero-order chi connectivity index (χ0) is 19.3. The number of hydrogen-bond donors (Lipinski definition) is 1. The highest BCUT2D eigenvalue weighted by atomic mass is 79.9. The van der Waals surface area contributed by atoms with Crippen LogP contribution >= 0.6 is 15.9 Å². The molecule has 26 heavy (non-hydrogen) atoms. The Hall–Kier alpha value is -1.84. The van der Waals surface area contributed by atoms with Gasteiger partial charge in [-0.3, -0.25) is 0 Å². The van der Waals surface area contributed by atoms with Crippen molar-refractivity contribution in [2.45, 2.75) is 18.4 Å². The lowest BCUT2D eigenvalue weighted by Crippen LogP contribution is -2.23. The first-order valence-electron chi connectivity index (χ1n) is 7.64. The van der Waals surface area contributed by atoms with Gasteiger partial charge in [0.15, 0.2) is 11.5 Å². The van der Waals surface area contributed by atoms with Crippen LogP contribution in [0.3, 0.4) is 0 Å². The van der Waals surface area contributed by atoms with Crippen molar-refractivity contribution in [1.29, 1.82) is 0 Å². The fourth-order valence-electron chi connectivity index (χ4n) is 2.27. The summed E-state index contributed by atoms with van der Waals surface area (Å²) in [6.45, 7) is 2.25. The van der Waals surface area contributed by atoms with Crippen LogP contribution < -0.4 is 18.9 Å². The van der Waals surface area contributed by atoms with Crippen LogP contribution in [-0.2, 0) is 16.6 Å². The Morgan fingerprint density at radius 3 is 2.23 bits per heavy atom. The summed E-state index contributed by atoms with van der Waals surface area (Å²) in [4.78, 5) is -0.0521. The van der Waals surface area contributed by atoms with E-state index in [2.05, 4.69) is 20.7 Å². The number of benzene rings is 2. The molecule has 0 aliphatic heterocycles. The van der Waals surface area contributed by atoms with Crippen molar-refractivity contribution in [2.75, 3.05) is 20.8 Å². The van der Waals surface area contributed by atoms with Crippen LogP contribution in [0.1, 0.15) is 12.5 Å².